The quantitative estimate of drug-likeness (QED) is 0.788. The first-order valence-electron chi connectivity index (χ1n) is 6.46. The van der Waals surface area contributed by atoms with Crippen LogP contribution in [0, 0.1) is 11.3 Å². The molecule has 0 unspecified atom stereocenters. The first-order valence-corrected chi connectivity index (χ1v) is 7.34. The molecule has 0 spiro atoms. The fourth-order valence-corrected chi connectivity index (χ4v) is 3.00. The molecule has 5 heteroatoms. The molecule has 0 fully saturated rings. The summed E-state index contributed by atoms with van der Waals surface area (Å²) in [4.78, 5) is 1.07. The van der Waals surface area contributed by atoms with E-state index in [2.05, 4.69) is 20.8 Å². The highest BCUT2D eigenvalue weighted by Crippen LogP contribution is 2.22. The third-order valence-corrected chi connectivity index (χ3v) is 4.12. The van der Waals surface area contributed by atoms with Crippen LogP contribution in [0.25, 0.3) is 11.6 Å². The summed E-state index contributed by atoms with van der Waals surface area (Å²) in [6, 6.07) is 6.24. The number of hydrogen-bond acceptors (Lipinski definition) is 4. The smallest absolute Gasteiger partial charge is 0.174 e. The summed E-state index contributed by atoms with van der Waals surface area (Å²) in [5, 5.41) is 19.8. The average Bonchev–Trinajstić information content (AvgIpc) is 3.01. The Balaban J connectivity index is 2.01. The molecule has 1 aliphatic heterocycles. The molecule has 1 aliphatic rings. The highest BCUT2D eigenvalue weighted by molar-refractivity contribution is 7.10. The number of hydrogen-bond donors (Lipinski definition) is 0. The van der Waals surface area contributed by atoms with Gasteiger partial charge in [0.15, 0.2) is 5.82 Å². The zero-order chi connectivity index (χ0) is 13.1. The van der Waals surface area contributed by atoms with Crippen molar-refractivity contribution >= 4 is 23.0 Å². The first-order chi connectivity index (χ1) is 9.38. The Bertz CT molecular complexity index is 631. The fourth-order valence-electron chi connectivity index (χ4n) is 2.35. The number of rotatable bonds is 2. The minimum atomic E-state index is 0.600. The first kappa shape index (κ1) is 12.1. The molecule has 2 aromatic rings. The van der Waals surface area contributed by atoms with E-state index in [-0.39, 0.29) is 0 Å². The lowest BCUT2D eigenvalue weighted by Gasteiger charge is -2.05. The number of aryl methyl sites for hydroxylation is 1. The van der Waals surface area contributed by atoms with Gasteiger partial charge in [0.05, 0.1) is 5.57 Å². The molecule has 0 saturated heterocycles. The van der Waals surface area contributed by atoms with Crippen LogP contribution in [-0.2, 0) is 13.0 Å². The molecule has 0 N–H and O–H groups in total. The largest absolute Gasteiger partial charge is 0.310 e. The van der Waals surface area contributed by atoms with E-state index >= 15 is 0 Å². The van der Waals surface area contributed by atoms with Gasteiger partial charge in [0.25, 0.3) is 0 Å². The predicted octanol–water partition coefficient (Wildman–Crippen LogP) is 3.13. The molecule has 0 amide bonds. The van der Waals surface area contributed by atoms with Crippen molar-refractivity contribution < 1.29 is 0 Å². The second kappa shape index (κ2) is 5.37. The Kier molecular flexibility index (Phi) is 3.43. The Morgan fingerprint density at radius 1 is 1.37 bits per heavy atom. The summed E-state index contributed by atoms with van der Waals surface area (Å²) >= 11 is 1.62. The van der Waals surface area contributed by atoms with Crippen LogP contribution in [0.1, 0.15) is 35.8 Å². The molecule has 3 heterocycles. The predicted molar refractivity (Wildman–Crippen MR) is 75.4 cm³/mol. The molecule has 2 aromatic heterocycles. The van der Waals surface area contributed by atoms with E-state index in [4.69, 9.17) is 0 Å². The van der Waals surface area contributed by atoms with Crippen molar-refractivity contribution in [2.24, 2.45) is 0 Å². The van der Waals surface area contributed by atoms with E-state index in [1.807, 2.05) is 23.6 Å². The van der Waals surface area contributed by atoms with Gasteiger partial charge in [0.2, 0.25) is 0 Å². The lowest BCUT2D eigenvalue weighted by Crippen LogP contribution is -2.05. The van der Waals surface area contributed by atoms with Crippen molar-refractivity contribution in [1.82, 2.24) is 14.8 Å². The Labute approximate surface area is 116 Å². The second-order valence-electron chi connectivity index (χ2n) is 4.59. The Hall–Kier alpha value is -1.93. The molecule has 96 valence electrons. The minimum Gasteiger partial charge on any atom is -0.310 e. The molecule has 0 aromatic carbocycles. The van der Waals surface area contributed by atoms with Crippen molar-refractivity contribution in [3.05, 3.63) is 34.0 Å². The number of nitriles is 1. The number of thiophene rings is 1. The van der Waals surface area contributed by atoms with E-state index in [1.54, 1.807) is 11.3 Å². The molecular weight excluding hydrogens is 256 g/mol. The maximum atomic E-state index is 9.37. The lowest BCUT2D eigenvalue weighted by molar-refractivity contribution is 0.627. The standard InChI is InChI=1S/C14H14N4S/c15-10-11(9-12-5-4-8-19-12)14-17-16-13-6-2-1-3-7-18(13)14/h4-5,8-9H,1-3,6-7H2/b11-9-. The molecule has 0 radical (unpaired) electrons. The fraction of sp³-hybridized carbons (Fsp3) is 0.357. The topological polar surface area (TPSA) is 54.5 Å². The van der Waals surface area contributed by atoms with E-state index in [9.17, 15) is 5.26 Å². The van der Waals surface area contributed by atoms with Crippen molar-refractivity contribution in [1.29, 1.82) is 5.26 Å². The number of aromatic nitrogens is 3. The van der Waals surface area contributed by atoms with E-state index in [1.165, 1.54) is 6.42 Å². The maximum Gasteiger partial charge on any atom is 0.174 e. The second-order valence-corrected chi connectivity index (χ2v) is 5.57. The van der Waals surface area contributed by atoms with Gasteiger partial charge in [-0.15, -0.1) is 21.5 Å². The lowest BCUT2D eigenvalue weighted by atomic mass is 10.2. The van der Waals surface area contributed by atoms with Gasteiger partial charge in [-0.05, 0) is 30.4 Å². The molecule has 0 bridgehead atoms. The Morgan fingerprint density at radius 3 is 3.11 bits per heavy atom. The summed E-state index contributed by atoms with van der Waals surface area (Å²) in [5.41, 5.74) is 0.600. The zero-order valence-corrected chi connectivity index (χ0v) is 11.4. The van der Waals surface area contributed by atoms with Crippen LogP contribution in [0.15, 0.2) is 17.5 Å². The van der Waals surface area contributed by atoms with Crippen LogP contribution in [0.3, 0.4) is 0 Å². The van der Waals surface area contributed by atoms with Gasteiger partial charge in [-0.2, -0.15) is 5.26 Å². The third kappa shape index (κ3) is 2.45. The van der Waals surface area contributed by atoms with Crippen molar-refractivity contribution in [2.45, 2.75) is 32.2 Å². The third-order valence-electron chi connectivity index (χ3n) is 3.30. The number of fused-ring (bicyclic) bond motifs is 1. The van der Waals surface area contributed by atoms with Crippen LogP contribution < -0.4 is 0 Å². The van der Waals surface area contributed by atoms with Crippen LogP contribution in [-0.4, -0.2) is 14.8 Å². The highest BCUT2D eigenvalue weighted by atomic mass is 32.1. The van der Waals surface area contributed by atoms with E-state index in [0.717, 1.165) is 36.5 Å². The van der Waals surface area contributed by atoms with Gasteiger partial charge in [-0.3, -0.25) is 0 Å². The molecule has 4 nitrogen and oxygen atoms in total. The van der Waals surface area contributed by atoms with E-state index < -0.39 is 0 Å². The summed E-state index contributed by atoms with van der Waals surface area (Å²) in [6.07, 6.45) is 6.38. The zero-order valence-electron chi connectivity index (χ0n) is 10.5. The van der Waals surface area contributed by atoms with Gasteiger partial charge in [0, 0.05) is 17.8 Å². The van der Waals surface area contributed by atoms with Crippen LogP contribution >= 0.6 is 11.3 Å². The SMILES string of the molecule is N#C/C(=C/c1cccs1)c1nnc2n1CCCCC2. The van der Waals surface area contributed by atoms with Crippen LogP contribution in [0.4, 0.5) is 0 Å². The van der Waals surface area contributed by atoms with Crippen molar-refractivity contribution in [3.63, 3.8) is 0 Å². The van der Waals surface area contributed by atoms with Gasteiger partial charge < -0.3 is 4.57 Å². The monoisotopic (exact) mass is 270 g/mol. The number of nitrogens with zero attached hydrogens (tertiary/aromatic N) is 4. The molecule has 0 saturated carbocycles. The molecule has 19 heavy (non-hydrogen) atoms. The molecule has 0 atom stereocenters. The summed E-state index contributed by atoms with van der Waals surface area (Å²) in [7, 11) is 0. The van der Waals surface area contributed by atoms with Gasteiger partial charge >= 0.3 is 0 Å². The highest BCUT2D eigenvalue weighted by Gasteiger charge is 2.17. The summed E-state index contributed by atoms with van der Waals surface area (Å²) in [5.74, 6) is 1.73. The summed E-state index contributed by atoms with van der Waals surface area (Å²) in [6.45, 7) is 0.918. The van der Waals surface area contributed by atoms with Gasteiger partial charge in [-0.1, -0.05) is 12.5 Å². The van der Waals surface area contributed by atoms with Crippen molar-refractivity contribution in [2.75, 3.05) is 0 Å². The van der Waals surface area contributed by atoms with Crippen LogP contribution in [0.2, 0.25) is 0 Å². The maximum absolute atomic E-state index is 9.37. The summed E-state index contributed by atoms with van der Waals surface area (Å²) < 4.78 is 2.11. The number of allylic oxidation sites excluding steroid dienone is 1. The minimum absolute atomic E-state index is 0.600. The normalized spacial score (nSPS) is 15.6. The average molecular weight is 270 g/mol. The van der Waals surface area contributed by atoms with Gasteiger partial charge in [-0.25, -0.2) is 0 Å². The Morgan fingerprint density at radius 2 is 2.32 bits per heavy atom. The van der Waals surface area contributed by atoms with Crippen molar-refractivity contribution in [3.8, 4) is 6.07 Å². The van der Waals surface area contributed by atoms with Gasteiger partial charge in [0.1, 0.15) is 11.9 Å². The van der Waals surface area contributed by atoms with Crippen LogP contribution in [0.5, 0.6) is 0 Å². The molecule has 0 aliphatic carbocycles. The molecule has 3 rings (SSSR count). The van der Waals surface area contributed by atoms with E-state index in [0.29, 0.717) is 11.4 Å². The molecular formula is C14H14N4S.